The summed E-state index contributed by atoms with van der Waals surface area (Å²) in [5, 5.41) is 8.79. The van der Waals surface area contributed by atoms with Crippen molar-refractivity contribution in [2.45, 2.75) is 52.0 Å². The van der Waals surface area contributed by atoms with E-state index in [0.717, 1.165) is 24.3 Å². The molecule has 110 valence electrons. The van der Waals surface area contributed by atoms with Crippen molar-refractivity contribution in [3.05, 3.63) is 0 Å². The molecule has 0 aromatic heterocycles. The maximum Gasteiger partial charge on any atom is 0.305 e. The van der Waals surface area contributed by atoms with Crippen LogP contribution in [0.4, 0.5) is 0 Å². The number of carbonyl (C=O) groups excluding carboxylic acids is 1. The number of hydrogen-bond donors (Lipinski definition) is 1. The van der Waals surface area contributed by atoms with Crippen LogP contribution in [0.2, 0.25) is 0 Å². The first kappa shape index (κ1) is 16.3. The van der Waals surface area contributed by atoms with E-state index in [1.807, 2.05) is 32.5 Å². The Hall–Kier alpha value is -0.710. The molecule has 0 atom stereocenters. The maximum absolute atomic E-state index is 12.4. The summed E-state index contributed by atoms with van der Waals surface area (Å²) in [6.07, 6.45) is 2.79. The number of carboxylic acids is 1. The van der Waals surface area contributed by atoms with Crippen LogP contribution in [0.5, 0.6) is 0 Å². The molecule has 0 aromatic rings. The molecule has 0 radical (unpaired) electrons. The molecule has 1 heterocycles. The molecule has 0 aliphatic carbocycles. The number of aliphatic carboxylic acids is 1. The van der Waals surface area contributed by atoms with Crippen LogP contribution < -0.4 is 0 Å². The van der Waals surface area contributed by atoms with Crippen LogP contribution in [0.1, 0.15) is 46.5 Å². The molecule has 5 heteroatoms. The van der Waals surface area contributed by atoms with Crippen molar-refractivity contribution in [2.24, 2.45) is 5.92 Å². The number of amides is 1. The molecule has 0 unspecified atom stereocenters. The topological polar surface area (TPSA) is 57.6 Å². The summed E-state index contributed by atoms with van der Waals surface area (Å²) < 4.78 is 0. The molecule has 1 amide bonds. The Kier molecular flexibility index (Phi) is 6.17. The molecule has 0 bridgehead atoms. The van der Waals surface area contributed by atoms with Crippen LogP contribution in [0.3, 0.4) is 0 Å². The Morgan fingerprint density at radius 1 is 1.26 bits per heavy atom. The fraction of sp³-hybridized carbons (Fsp3) is 0.857. The smallest absolute Gasteiger partial charge is 0.305 e. The van der Waals surface area contributed by atoms with Crippen molar-refractivity contribution < 1.29 is 14.7 Å². The van der Waals surface area contributed by atoms with Crippen LogP contribution in [0.15, 0.2) is 0 Å². The van der Waals surface area contributed by atoms with Crippen LogP contribution in [-0.4, -0.2) is 45.5 Å². The van der Waals surface area contributed by atoms with Gasteiger partial charge in [-0.15, -0.1) is 0 Å². The van der Waals surface area contributed by atoms with E-state index in [2.05, 4.69) is 0 Å². The number of rotatable bonds is 5. The highest BCUT2D eigenvalue weighted by molar-refractivity contribution is 7.99. The van der Waals surface area contributed by atoms with Crippen LogP contribution in [0.25, 0.3) is 0 Å². The van der Waals surface area contributed by atoms with Crippen molar-refractivity contribution in [2.75, 3.05) is 18.1 Å². The summed E-state index contributed by atoms with van der Waals surface area (Å²) in [5.74, 6) is 2.01. The molecule has 1 N–H and O–H groups in total. The van der Waals surface area contributed by atoms with E-state index in [1.54, 1.807) is 4.90 Å². The van der Waals surface area contributed by atoms with Gasteiger partial charge < -0.3 is 10.0 Å². The van der Waals surface area contributed by atoms with Crippen molar-refractivity contribution in [1.29, 1.82) is 0 Å². The van der Waals surface area contributed by atoms with Crippen molar-refractivity contribution >= 4 is 23.6 Å². The molecule has 0 spiro atoms. The second-order valence-corrected chi connectivity index (χ2v) is 7.34. The zero-order chi connectivity index (χ0) is 14.5. The third kappa shape index (κ3) is 5.85. The lowest BCUT2D eigenvalue weighted by molar-refractivity contribution is -0.141. The minimum atomic E-state index is -0.851. The summed E-state index contributed by atoms with van der Waals surface area (Å²) >= 11 is 1.95. The van der Waals surface area contributed by atoms with Crippen molar-refractivity contribution in [1.82, 2.24) is 4.90 Å². The lowest BCUT2D eigenvalue weighted by Gasteiger charge is -2.36. The van der Waals surface area contributed by atoms with Crippen molar-refractivity contribution in [3.8, 4) is 0 Å². The summed E-state index contributed by atoms with van der Waals surface area (Å²) in [6.45, 7) is 6.19. The van der Waals surface area contributed by atoms with Crippen LogP contribution >= 0.6 is 11.8 Å². The highest BCUT2D eigenvalue weighted by atomic mass is 32.2. The quantitative estimate of drug-likeness (QED) is 0.844. The highest BCUT2D eigenvalue weighted by Crippen LogP contribution is 2.27. The Morgan fingerprint density at radius 3 is 2.32 bits per heavy atom. The van der Waals surface area contributed by atoms with Gasteiger partial charge in [0.1, 0.15) is 0 Å². The van der Waals surface area contributed by atoms with Gasteiger partial charge in [-0.2, -0.15) is 11.8 Å². The van der Waals surface area contributed by atoms with Gasteiger partial charge in [0.05, 0.1) is 6.42 Å². The molecular formula is C14H25NO3S. The number of thioether (sulfide) groups is 1. The largest absolute Gasteiger partial charge is 0.481 e. The Labute approximate surface area is 119 Å². The van der Waals surface area contributed by atoms with Gasteiger partial charge in [0.15, 0.2) is 0 Å². The molecule has 4 nitrogen and oxygen atoms in total. The zero-order valence-electron chi connectivity index (χ0n) is 12.1. The second kappa shape index (κ2) is 7.17. The third-order valence-corrected chi connectivity index (χ3v) is 4.51. The number of carboxylic acid groups (broad SMARTS) is 1. The SMILES string of the molecule is CC(C)(C)N(CCC(=O)O)C(=O)CC1CCSCC1. The molecule has 0 saturated carbocycles. The van der Waals surface area contributed by atoms with Gasteiger partial charge in [0.2, 0.25) is 5.91 Å². The predicted molar refractivity (Wildman–Crippen MR) is 78.4 cm³/mol. The van der Waals surface area contributed by atoms with E-state index in [4.69, 9.17) is 5.11 Å². The summed E-state index contributed by atoms with van der Waals surface area (Å²) in [7, 11) is 0. The highest BCUT2D eigenvalue weighted by Gasteiger charge is 2.28. The lowest BCUT2D eigenvalue weighted by Crippen LogP contribution is -2.47. The Bertz CT molecular complexity index is 319. The fourth-order valence-electron chi connectivity index (χ4n) is 2.35. The number of carbonyl (C=O) groups is 2. The van der Waals surface area contributed by atoms with E-state index in [0.29, 0.717) is 18.9 Å². The summed E-state index contributed by atoms with van der Waals surface area (Å²) in [6, 6.07) is 0. The monoisotopic (exact) mass is 287 g/mol. The summed E-state index contributed by atoms with van der Waals surface area (Å²) in [5.41, 5.74) is -0.310. The minimum Gasteiger partial charge on any atom is -0.481 e. The predicted octanol–water partition coefficient (Wildman–Crippen LogP) is 2.62. The third-order valence-electron chi connectivity index (χ3n) is 3.46. The van der Waals surface area contributed by atoms with Gasteiger partial charge in [-0.3, -0.25) is 9.59 Å². The van der Waals surface area contributed by atoms with E-state index in [1.165, 1.54) is 0 Å². The van der Waals surface area contributed by atoms with Crippen LogP contribution in [0, 0.1) is 5.92 Å². The van der Waals surface area contributed by atoms with Crippen molar-refractivity contribution in [3.63, 3.8) is 0 Å². The molecule has 1 aliphatic rings. The maximum atomic E-state index is 12.4. The molecule has 1 aliphatic heterocycles. The molecular weight excluding hydrogens is 262 g/mol. The van der Waals surface area contributed by atoms with Gasteiger partial charge in [-0.05, 0) is 51.0 Å². The molecule has 1 fully saturated rings. The second-order valence-electron chi connectivity index (χ2n) is 6.12. The molecule has 0 aromatic carbocycles. The first-order chi connectivity index (χ1) is 8.80. The zero-order valence-corrected chi connectivity index (χ0v) is 13.0. The van der Waals surface area contributed by atoms with Gasteiger partial charge in [-0.25, -0.2) is 0 Å². The average molecular weight is 287 g/mol. The average Bonchev–Trinajstić information content (AvgIpc) is 2.28. The van der Waals surface area contributed by atoms with Gasteiger partial charge in [0.25, 0.3) is 0 Å². The van der Waals surface area contributed by atoms with Gasteiger partial charge >= 0.3 is 5.97 Å². The number of nitrogens with zero attached hydrogens (tertiary/aromatic N) is 1. The molecule has 1 rings (SSSR count). The number of hydrogen-bond acceptors (Lipinski definition) is 3. The Morgan fingerprint density at radius 2 is 1.84 bits per heavy atom. The van der Waals surface area contributed by atoms with E-state index in [9.17, 15) is 9.59 Å². The van der Waals surface area contributed by atoms with E-state index < -0.39 is 5.97 Å². The minimum absolute atomic E-state index is 0.0174. The molecule has 19 heavy (non-hydrogen) atoms. The summed E-state index contributed by atoms with van der Waals surface area (Å²) in [4.78, 5) is 24.8. The normalized spacial score (nSPS) is 17.2. The van der Waals surface area contributed by atoms with Gasteiger partial charge in [0, 0.05) is 18.5 Å². The van der Waals surface area contributed by atoms with Gasteiger partial charge in [-0.1, -0.05) is 0 Å². The van der Waals surface area contributed by atoms with E-state index >= 15 is 0 Å². The lowest BCUT2D eigenvalue weighted by atomic mass is 9.96. The first-order valence-corrected chi connectivity index (χ1v) is 8.06. The molecule has 1 saturated heterocycles. The standard InChI is InChI=1S/C14H25NO3S/c1-14(2,3)15(7-4-13(17)18)12(16)10-11-5-8-19-9-6-11/h11H,4-10H2,1-3H3,(H,17,18). The Balaban J connectivity index is 2.57. The van der Waals surface area contributed by atoms with E-state index in [-0.39, 0.29) is 17.9 Å². The first-order valence-electron chi connectivity index (χ1n) is 6.90. The fourth-order valence-corrected chi connectivity index (χ4v) is 3.55. The van der Waals surface area contributed by atoms with Crippen LogP contribution in [-0.2, 0) is 9.59 Å².